The van der Waals surface area contributed by atoms with Crippen LogP contribution in [0.25, 0.3) is 33.4 Å². The summed E-state index contributed by atoms with van der Waals surface area (Å²) >= 11 is 0. The van der Waals surface area contributed by atoms with Crippen molar-refractivity contribution in [3.05, 3.63) is 306 Å². The van der Waals surface area contributed by atoms with Crippen LogP contribution in [-0.4, -0.2) is 20.9 Å². The molecular weight excluding hydrogens is 1090 g/mol. The van der Waals surface area contributed by atoms with Crippen molar-refractivity contribution in [1.82, 2.24) is 0 Å². The number of hydrogen-bond acceptors (Lipinski definition) is 6. The van der Waals surface area contributed by atoms with Crippen LogP contribution in [0.4, 0.5) is 68.2 Å². The normalized spacial score (nSPS) is 16.4. The average Bonchev–Trinajstić information content (AvgIpc) is 0.684. The molecule has 0 radical (unpaired) electrons. The van der Waals surface area contributed by atoms with Crippen molar-refractivity contribution in [2.24, 2.45) is 0 Å². The van der Waals surface area contributed by atoms with Crippen molar-refractivity contribution in [2.75, 3.05) is 28.9 Å². The van der Waals surface area contributed by atoms with Gasteiger partial charge in [0.2, 0.25) is 0 Å². The van der Waals surface area contributed by atoms with Gasteiger partial charge >= 0.3 is 20.9 Å². The van der Waals surface area contributed by atoms with E-state index in [1.54, 1.807) is 0 Å². The molecule has 7 aliphatic rings. The summed E-state index contributed by atoms with van der Waals surface area (Å²) in [5.41, 5.74) is 33.0. The van der Waals surface area contributed by atoms with E-state index in [0.717, 1.165) is 17.1 Å². The van der Waals surface area contributed by atoms with Crippen molar-refractivity contribution >= 4 is 106 Å². The Morgan fingerprint density at radius 3 is 0.667 bits per heavy atom. The lowest BCUT2D eigenvalue weighted by Crippen LogP contribution is -2.88. The zero-order valence-electron chi connectivity index (χ0n) is 51.4. The number of anilines is 12. The molecule has 0 aliphatic carbocycles. The zero-order valence-corrected chi connectivity index (χ0v) is 51.4. The van der Waals surface area contributed by atoms with Crippen LogP contribution in [0.2, 0.25) is 0 Å². The van der Waals surface area contributed by atoms with Crippen LogP contribution < -0.4 is 45.3 Å². The molecule has 0 unspecified atom stereocenters. The van der Waals surface area contributed by atoms with E-state index in [9.17, 15) is 0 Å². The zero-order chi connectivity index (χ0) is 60.1. The van der Waals surface area contributed by atoms with Crippen LogP contribution >= 0.6 is 0 Å². The largest absolute Gasteiger partial charge is 0.416 e. The molecule has 12 aromatic rings. The monoisotopic (exact) mass is 1150 g/mol. The van der Waals surface area contributed by atoms with Crippen LogP contribution in [0.1, 0.15) is 74.9 Å². The Bertz CT molecular complexity index is 4410. The highest BCUT2D eigenvalue weighted by molar-refractivity contribution is 7.16. The van der Waals surface area contributed by atoms with Crippen LogP contribution in [0, 0.1) is 0 Å². The minimum absolute atomic E-state index is 0.180. The number of fused-ring (bicyclic) bond motifs is 27. The Morgan fingerprint density at radius 1 is 0.211 bits per heavy atom. The summed E-state index contributed by atoms with van der Waals surface area (Å²) in [7, 11) is 0. The molecule has 0 spiro atoms. The smallest absolute Gasteiger partial charge is 0.389 e. The molecule has 0 aromatic heterocycles. The van der Waals surface area contributed by atoms with Crippen LogP contribution in [0.3, 0.4) is 0 Å². The molecule has 7 heterocycles. The number of nitrogens with zero attached hydrogens (tertiary/aromatic N) is 6. The van der Waals surface area contributed by atoms with Gasteiger partial charge in [0.05, 0.1) is 34.1 Å². The first-order chi connectivity index (χ1) is 44.0. The third kappa shape index (κ3) is 6.76. The summed E-state index contributed by atoms with van der Waals surface area (Å²) in [4.78, 5) is 7.55. The maximum Gasteiger partial charge on any atom is 0.389 e. The highest BCUT2D eigenvalue weighted by Gasteiger charge is 2.61. The van der Waals surface area contributed by atoms with Gasteiger partial charge < -0.3 is 28.9 Å². The highest BCUT2D eigenvalue weighted by atomic mass is 15.3. The summed E-state index contributed by atoms with van der Waals surface area (Å²) in [6.45, 7) is 13.6. The summed E-state index contributed by atoms with van der Waals surface area (Å²) in [6.07, 6.45) is 0. The molecule has 90 heavy (non-hydrogen) atoms. The second-order valence-corrected chi connectivity index (χ2v) is 27.2. The second kappa shape index (κ2) is 18.4. The minimum atomic E-state index is -0.225. The molecule has 1 fully saturated rings. The van der Waals surface area contributed by atoms with Gasteiger partial charge in [-0.05, 0) is 157 Å². The fourth-order valence-corrected chi connectivity index (χ4v) is 17.5. The van der Waals surface area contributed by atoms with Crippen molar-refractivity contribution in [1.29, 1.82) is 0 Å². The van der Waals surface area contributed by atoms with Gasteiger partial charge in [-0.2, -0.15) is 0 Å². The molecule has 6 nitrogen and oxygen atoms in total. The number of para-hydroxylation sites is 6. The first-order valence-electron chi connectivity index (χ1n) is 32.0. The predicted molar refractivity (Wildman–Crippen MR) is 380 cm³/mol. The van der Waals surface area contributed by atoms with Crippen LogP contribution in [0.15, 0.2) is 273 Å². The molecule has 9 heteroatoms. The van der Waals surface area contributed by atoms with Crippen LogP contribution in [0.5, 0.6) is 0 Å². The van der Waals surface area contributed by atoms with E-state index < -0.39 is 0 Å². The molecule has 12 aromatic carbocycles. The van der Waals surface area contributed by atoms with E-state index in [0.29, 0.717) is 0 Å². The number of benzene rings is 12. The first-order valence-corrected chi connectivity index (χ1v) is 32.0. The fraction of sp³-hybridized carbons (Fsp3) is 0.111. The lowest BCUT2D eigenvalue weighted by atomic mass is 9.34. The predicted octanol–water partition coefficient (Wildman–Crippen LogP) is 18.0. The van der Waals surface area contributed by atoms with E-state index in [1.807, 2.05) is 0 Å². The van der Waals surface area contributed by atoms with Crippen molar-refractivity contribution in [3.8, 4) is 33.4 Å². The van der Waals surface area contributed by atoms with E-state index in [1.165, 1.54) is 134 Å². The van der Waals surface area contributed by atoms with Crippen molar-refractivity contribution in [3.63, 3.8) is 0 Å². The SMILES string of the molecule is CC1(C)c2ccccc2N(c2ccc3c(c2)-c2ccccc2B2N3B3c4ccccc4-c4cc(N5c6ccccc6C(C)(C)c6ccccc65)ccc4N3B3c4ccccc4-c4cc(N5c6ccccc6C(C)(C)c6ccccc65)ccc4N23)c2ccccc21. The Kier molecular flexibility index (Phi) is 10.5. The summed E-state index contributed by atoms with van der Waals surface area (Å²) in [6, 6.07) is 104. The van der Waals surface area contributed by atoms with Gasteiger partial charge in [0, 0.05) is 67.1 Å². The molecule has 0 atom stereocenters. The highest BCUT2D eigenvalue weighted by Crippen LogP contribution is 2.58. The molecule has 7 aliphatic heterocycles. The average molecular weight is 1150 g/mol. The van der Waals surface area contributed by atoms with Gasteiger partial charge in [-0.25, -0.2) is 0 Å². The summed E-state index contributed by atoms with van der Waals surface area (Å²) < 4.78 is 8.41. The number of hydrogen-bond donors (Lipinski definition) is 0. The Labute approximate surface area is 528 Å². The topological polar surface area (TPSA) is 19.4 Å². The molecule has 1 saturated heterocycles. The van der Waals surface area contributed by atoms with Gasteiger partial charge in [-0.15, -0.1) is 0 Å². The van der Waals surface area contributed by atoms with Gasteiger partial charge in [0.25, 0.3) is 0 Å². The number of rotatable bonds is 3. The van der Waals surface area contributed by atoms with Crippen LogP contribution in [-0.2, 0) is 16.2 Å². The standard InChI is InChI=1S/C81H63B3N6/c1-79(2)61-28-10-19-37-73(61)85(74-38-20-11-29-62(74)79)52-43-46-70-58(49-52)55-25-7-16-34-67(55)82-88(70)83-68-35-17-8-26-56(68)59-50-54(87-77-41-23-14-32-65(77)81(5,6)66-33-15-24-42-78(66)87)45-48-72(59)90(83)84-69-36-18-9-27-57(69)60-51-53(44-47-71(60)89(82)84)86-75-39-21-12-30-63(75)80(3,4)64-31-13-22-40-76(64)86/h7-51H,1-6H3. The van der Waals surface area contributed by atoms with Gasteiger partial charge in [0.1, 0.15) is 0 Å². The van der Waals surface area contributed by atoms with Crippen molar-refractivity contribution in [2.45, 2.75) is 57.8 Å². The molecular formula is C81H63B3N6. The van der Waals surface area contributed by atoms with E-state index >= 15 is 0 Å². The van der Waals surface area contributed by atoms with E-state index in [2.05, 4.69) is 343 Å². The molecule has 0 bridgehead atoms. The Balaban J connectivity index is 0.859. The molecule has 19 rings (SSSR count). The third-order valence-corrected chi connectivity index (χ3v) is 21.6. The lowest BCUT2D eigenvalue weighted by Gasteiger charge is -2.61. The van der Waals surface area contributed by atoms with Gasteiger partial charge in [0.15, 0.2) is 0 Å². The Hall–Kier alpha value is -10.4. The minimum Gasteiger partial charge on any atom is -0.416 e. The van der Waals surface area contributed by atoms with Gasteiger partial charge in [-0.1, -0.05) is 224 Å². The fourth-order valence-electron chi connectivity index (χ4n) is 17.5. The van der Waals surface area contributed by atoms with Crippen molar-refractivity contribution < 1.29 is 0 Å². The van der Waals surface area contributed by atoms with Gasteiger partial charge in [-0.3, -0.25) is 0 Å². The first kappa shape index (κ1) is 51.7. The maximum atomic E-state index is 2.80. The maximum absolute atomic E-state index is 2.80. The Morgan fingerprint density at radius 2 is 0.422 bits per heavy atom. The third-order valence-electron chi connectivity index (χ3n) is 21.6. The molecule has 0 saturated carbocycles. The molecule has 426 valence electrons. The summed E-state index contributed by atoms with van der Waals surface area (Å²) in [5, 5.41) is 0. The molecule has 0 N–H and O–H groups in total. The van der Waals surface area contributed by atoms with E-state index in [4.69, 9.17) is 0 Å². The quantitative estimate of drug-likeness (QED) is 0.163. The van der Waals surface area contributed by atoms with E-state index in [-0.39, 0.29) is 37.2 Å². The summed E-state index contributed by atoms with van der Waals surface area (Å²) in [5.74, 6) is 0. The molecule has 0 amide bonds. The second-order valence-electron chi connectivity index (χ2n) is 27.2. The lowest BCUT2D eigenvalue weighted by molar-refractivity contribution is 0.632.